The van der Waals surface area contributed by atoms with Crippen LogP contribution in [0.2, 0.25) is 0 Å². The SMILES string of the molecule is CCCOc1cc(NC(CC)CC)ccc1N. The Labute approximate surface area is 104 Å². The van der Waals surface area contributed by atoms with E-state index in [1.54, 1.807) is 0 Å². The molecule has 17 heavy (non-hydrogen) atoms. The predicted octanol–water partition coefficient (Wildman–Crippen LogP) is 3.66. The highest BCUT2D eigenvalue weighted by molar-refractivity contribution is 5.61. The van der Waals surface area contributed by atoms with Crippen LogP contribution in [0, 0.1) is 0 Å². The molecule has 0 heterocycles. The molecule has 0 fully saturated rings. The first-order valence-electron chi connectivity index (χ1n) is 6.50. The standard InChI is InChI=1S/C14H24N2O/c1-4-9-17-14-10-12(7-8-13(14)15)16-11(5-2)6-3/h7-8,10-11,16H,4-6,9,15H2,1-3H3. The number of nitrogens with two attached hydrogens (primary N) is 1. The highest BCUT2D eigenvalue weighted by atomic mass is 16.5. The fraction of sp³-hybridized carbons (Fsp3) is 0.571. The van der Waals surface area contributed by atoms with Crippen LogP contribution in [-0.4, -0.2) is 12.6 Å². The van der Waals surface area contributed by atoms with Gasteiger partial charge < -0.3 is 15.8 Å². The van der Waals surface area contributed by atoms with Crippen LogP contribution >= 0.6 is 0 Å². The van der Waals surface area contributed by atoms with Crippen LogP contribution in [-0.2, 0) is 0 Å². The summed E-state index contributed by atoms with van der Waals surface area (Å²) in [5.74, 6) is 0.780. The number of nitrogens with one attached hydrogen (secondary N) is 1. The molecule has 96 valence electrons. The lowest BCUT2D eigenvalue weighted by atomic mass is 10.1. The average Bonchev–Trinajstić information content (AvgIpc) is 2.36. The molecule has 0 unspecified atom stereocenters. The van der Waals surface area contributed by atoms with Crippen LogP contribution in [0.3, 0.4) is 0 Å². The van der Waals surface area contributed by atoms with E-state index in [-0.39, 0.29) is 0 Å². The predicted molar refractivity (Wildman–Crippen MR) is 74.6 cm³/mol. The van der Waals surface area contributed by atoms with E-state index in [4.69, 9.17) is 10.5 Å². The topological polar surface area (TPSA) is 47.3 Å². The Morgan fingerprint density at radius 1 is 1.24 bits per heavy atom. The molecule has 0 atom stereocenters. The molecule has 0 amide bonds. The smallest absolute Gasteiger partial charge is 0.144 e. The lowest BCUT2D eigenvalue weighted by Crippen LogP contribution is -2.17. The summed E-state index contributed by atoms with van der Waals surface area (Å²) in [5.41, 5.74) is 7.66. The minimum Gasteiger partial charge on any atom is -0.491 e. The number of benzene rings is 1. The van der Waals surface area contributed by atoms with Crippen molar-refractivity contribution in [3.63, 3.8) is 0 Å². The Morgan fingerprint density at radius 3 is 2.53 bits per heavy atom. The number of ether oxygens (including phenoxy) is 1. The van der Waals surface area contributed by atoms with E-state index in [0.29, 0.717) is 18.3 Å². The zero-order chi connectivity index (χ0) is 12.7. The normalized spacial score (nSPS) is 10.6. The third kappa shape index (κ3) is 4.17. The van der Waals surface area contributed by atoms with E-state index in [1.165, 1.54) is 0 Å². The zero-order valence-electron chi connectivity index (χ0n) is 11.1. The van der Waals surface area contributed by atoms with Gasteiger partial charge in [0.2, 0.25) is 0 Å². The summed E-state index contributed by atoms with van der Waals surface area (Å²) >= 11 is 0. The first-order valence-corrected chi connectivity index (χ1v) is 6.50. The second-order valence-corrected chi connectivity index (χ2v) is 4.26. The van der Waals surface area contributed by atoms with Gasteiger partial charge in [0, 0.05) is 17.8 Å². The van der Waals surface area contributed by atoms with E-state index < -0.39 is 0 Å². The van der Waals surface area contributed by atoms with Crippen LogP contribution < -0.4 is 15.8 Å². The molecule has 1 aromatic carbocycles. The minimum atomic E-state index is 0.512. The van der Waals surface area contributed by atoms with Crippen molar-refractivity contribution in [1.29, 1.82) is 0 Å². The quantitative estimate of drug-likeness (QED) is 0.710. The van der Waals surface area contributed by atoms with Crippen LogP contribution in [0.15, 0.2) is 18.2 Å². The Kier molecular flexibility index (Phi) is 5.67. The van der Waals surface area contributed by atoms with Crippen molar-refractivity contribution in [1.82, 2.24) is 0 Å². The molecule has 0 aliphatic carbocycles. The van der Waals surface area contributed by atoms with Gasteiger partial charge in [-0.1, -0.05) is 20.8 Å². The van der Waals surface area contributed by atoms with Gasteiger partial charge >= 0.3 is 0 Å². The summed E-state index contributed by atoms with van der Waals surface area (Å²) in [4.78, 5) is 0. The highest BCUT2D eigenvalue weighted by Gasteiger charge is 2.06. The molecular formula is C14H24N2O. The van der Waals surface area contributed by atoms with Gasteiger partial charge in [-0.25, -0.2) is 0 Å². The molecule has 1 rings (SSSR count). The minimum absolute atomic E-state index is 0.512. The molecule has 0 aliphatic heterocycles. The van der Waals surface area contributed by atoms with Gasteiger partial charge in [-0.2, -0.15) is 0 Å². The summed E-state index contributed by atoms with van der Waals surface area (Å²) in [5, 5.41) is 3.49. The van der Waals surface area contributed by atoms with Crippen molar-refractivity contribution < 1.29 is 4.74 Å². The monoisotopic (exact) mass is 236 g/mol. The van der Waals surface area contributed by atoms with Gasteiger partial charge in [0.15, 0.2) is 0 Å². The van der Waals surface area contributed by atoms with Crippen molar-refractivity contribution in [2.75, 3.05) is 17.7 Å². The van der Waals surface area contributed by atoms with Crippen molar-refractivity contribution in [2.24, 2.45) is 0 Å². The fourth-order valence-electron chi connectivity index (χ4n) is 1.69. The summed E-state index contributed by atoms with van der Waals surface area (Å²) in [7, 11) is 0. The zero-order valence-corrected chi connectivity index (χ0v) is 11.1. The molecule has 0 saturated carbocycles. The largest absolute Gasteiger partial charge is 0.491 e. The molecule has 0 spiro atoms. The number of rotatable bonds is 7. The summed E-state index contributed by atoms with van der Waals surface area (Å²) in [6.07, 6.45) is 3.22. The molecule has 3 N–H and O–H groups in total. The van der Waals surface area contributed by atoms with Gasteiger partial charge in [-0.05, 0) is 31.4 Å². The van der Waals surface area contributed by atoms with Crippen molar-refractivity contribution in [3.05, 3.63) is 18.2 Å². The average molecular weight is 236 g/mol. The van der Waals surface area contributed by atoms with Gasteiger partial charge in [0.25, 0.3) is 0 Å². The Bertz CT molecular complexity index is 335. The Hall–Kier alpha value is -1.38. The van der Waals surface area contributed by atoms with Crippen LogP contribution in [0.5, 0.6) is 5.75 Å². The fourth-order valence-corrected chi connectivity index (χ4v) is 1.69. The summed E-state index contributed by atoms with van der Waals surface area (Å²) in [6.45, 7) is 7.17. The molecule has 0 saturated heterocycles. The molecular weight excluding hydrogens is 212 g/mol. The molecule has 0 aliphatic rings. The maximum absolute atomic E-state index is 5.87. The maximum atomic E-state index is 5.87. The molecule has 0 radical (unpaired) electrons. The van der Waals surface area contributed by atoms with Gasteiger partial charge in [0.05, 0.1) is 12.3 Å². The van der Waals surface area contributed by atoms with E-state index in [0.717, 1.165) is 30.7 Å². The number of hydrogen-bond acceptors (Lipinski definition) is 3. The molecule has 3 nitrogen and oxygen atoms in total. The Balaban J connectivity index is 2.73. The molecule has 0 aromatic heterocycles. The molecule has 3 heteroatoms. The molecule has 0 bridgehead atoms. The van der Waals surface area contributed by atoms with Crippen molar-refractivity contribution in [3.8, 4) is 5.75 Å². The molecule has 1 aromatic rings. The van der Waals surface area contributed by atoms with E-state index >= 15 is 0 Å². The van der Waals surface area contributed by atoms with Crippen molar-refractivity contribution >= 4 is 11.4 Å². The van der Waals surface area contributed by atoms with Gasteiger partial charge in [-0.15, -0.1) is 0 Å². The van der Waals surface area contributed by atoms with E-state index in [9.17, 15) is 0 Å². The number of anilines is 2. The van der Waals surface area contributed by atoms with Crippen LogP contribution in [0.25, 0.3) is 0 Å². The first kappa shape index (κ1) is 13.7. The van der Waals surface area contributed by atoms with E-state index in [1.807, 2.05) is 18.2 Å². The second-order valence-electron chi connectivity index (χ2n) is 4.26. The van der Waals surface area contributed by atoms with Crippen LogP contribution in [0.1, 0.15) is 40.0 Å². The first-order chi connectivity index (χ1) is 8.21. The summed E-state index contributed by atoms with van der Waals surface area (Å²) < 4.78 is 5.61. The third-order valence-corrected chi connectivity index (χ3v) is 2.83. The van der Waals surface area contributed by atoms with Gasteiger partial charge in [0.1, 0.15) is 5.75 Å². The van der Waals surface area contributed by atoms with Crippen LogP contribution in [0.4, 0.5) is 11.4 Å². The lowest BCUT2D eigenvalue weighted by molar-refractivity contribution is 0.319. The maximum Gasteiger partial charge on any atom is 0.144 e. The van der Waals surface area contributed by atoms with E-state index in [2.05, 4.69) is 26.1 Å². The van der Waals surface area contributed by atoms with Gasteiger partial charge in [-0.3, -0.25) is 0 Å². The lowest BCUT2D eigenvalue weighted by Gasteiger charge is -2.17. The second kappa shape index (κ2) is 7.05. The number of nitrogen functional groups attached to an aromatic ring is 1. The van der Waals surface area contributed by atoms with Crippen molar-refractivity contribution in [2.45, 2.75) is 46.1 Å². The third-order valence-electron chi connectivity index (χ3n) is 2.83. The Morgan fingerprint density at radius 2 is 1.94 bits per heavy atom. The summed E-state index contributed by atoms with van der Waals surface area (Å²) in [6, 6.07) is 6.41. The highest BCUT2D eigenvalue weighted by Crippen LogP contribution is 2.26. The number of hydrogen-bond donors (Lipinski definition) is 2.